The molecule has 1 fully saturated rings. The van der Waals surface area contributed by atoms with E-state index in [2.05, 4.69) is 15.6 Å². The lowest BCUT2D eigenvalue weighted by atomic mass is 9.99. The number of hydrogen-bond donors (Lipinski definition) is 2. The van der Waals surface area contributed by atoms with Gasteiger partial charge in [0.05, 0.1) is 17.8 Å². The summed E-state index contributed by atoms with van der Waals surface area (Å²) < 4.78 is 36.9. The Labute approximate surface area is 108 Å². The van der Waals surface area contributed by atoms with Gasteiger partial charge in [0.15, 0.2) is 0 Å². The fourth-order valence-corrected chi connectivity index (χ4v) is 1.96. The van der Waals surface area contributed by atoms with Gasteiger partial charge in [0.2, 0.25) is 5.91 Å². The first-order valence-electron chi connectivity index (χ1n) is 6.01. The van der Waals surface area contributed by atoms with Crippen LogP contribution in [0.5, 0.6) is 0 Å². The second-order valence-electron chi connectivity index (χ2n) is 4.46. The number of aromatic nitrogens is 1. The van der Waals surface area contributed by atoms with E-state index in [1.807, 2.05) is 0 Å². The molecule has 1 aliphatic heterocycles. The summed E-state index contributed by atoms with van der Waals surface area (Å²) >= 11 is 0. The molecule has 0 radical (unpaired) electrons. The normalized spacial score (nSPS) is 20.1. The molecule has 2 N–H and O–H groups in total. The Balaban J connectivity index is 1.97. The maximum Gasteiger partial charge on any atom is 0.433 e. The van der Waals surface area contributed by atoms with Crippen molar-refractivity contribution in [2.45, 2.75) is 19.0 Å². The number of alkyl halides is 3. The first kappa shape index (κ1) is 13.8. The van der Waals surface area contributed by atoms with Gasteiger partial charge in [-0.05, 0) is 31.5 Å². The van der Waals surface area contributed by atoms with Crippen molar-refractivity contribution in [3.05, 3.63) is 24.0 Å². The zero-order valence-corrected chi connectivity index (χ0v) is 10.1. The summed E-state index contributed by atoms with van der Waals surface area (Å²) in [7, 11) is 0. The van der Waals surface area contributed by atoms with Crippen LogP contribution < -0.4 is 10.6 Å². The maximum atomic E-state index is 12.3. The van der Waals surface area contributed by atoms with Crippen LogP contribution in [0.25, 0.3) is 0 Å². The Morgan fingerprint density at radius 3 is 2.74 bits per heavy atom. The Morgan fingerprint density at radius 1 is 1.42 bits per heavy atom. The third-order valence-corrected chi connectivity index (χ3v) is 2.99. The molecule has 1 aromatic heterocycles. The van der Waals surface area contributed by atoms with Crippen molar-refractivity contribution in [2.75, 3.05) is 18.4 Å². The van der Waals surface area contributed by atoms with Crippen LogP contribution in [-0.2, 0) is 11.0 Å². The number of carbonyl (C=O) groups excluding carboxylic acids is 1. The number of piperidine rings is 1. The Bertz CT molecular complexity index is 439. The van der Waals surface area contributed by atoms with Crippen molar-refractivity contribution in [3.8, 4) is 0 Å². The van der Waals surface area contributed by atoms with E-state index in [1.54, 1.807) is 0 Å². The average Bonchev–Trinajstić information content (AvgIpc) is 2.39. The van der Waals surface area contributed by atoms with Crippen LogP contribution >= 0.6 is 0 Å². The van der Waals surface area contributed by atoms with Crippen LogP contribution in [0.15, 0.2) is 18.3 Å². The molecular formula is C12H14F3N3O. The van der Waals surface area contributed by atoms with Crippen LogP contribution in [-0.4, -0.2) is 24.0 Å². The Hall–Kier alpha value is -1.63. The molecule has 0 aromatic carbocycles. The molecule has 0 unspecified atom stereocenters. The second kappa shape index (κ2) is 5.56. The molecule has 7 heteroatoms. The number of halogens is 3. The van der Waals surface area contributed by atoms with Crippen LogP contribution in [0.1, 0.15) is 18.5 Å². The smallest absolute Gasteiger partial charge is 0.324 e. The summed E-state index contributed by atoms with van der Waals surface area (Å²) in [6, 6.07) is 2.07. The van der Waals surface area contributed by atoms with E-state index in [4.69, 9.17) is 0 Å². The summed E-state index contributed by atoms with van der Waals surface area (Å²) in [4.78, 5) is 15.1. The zero-order chi connectivity index (χ0) is 13.9. The Morgan fingerprint density at radius 2 is 2.21 bits per heavy atom. The third kappa shape index (κ3) is 3.66. The molecule has 104 valence electrons. The number of amides is 1. The van der Waals surface area contributed by atoms with Crippen LogP contribution in [0, 0.1) is 5.92 Å². The molecule has 1 atom stereocenters. The molecule has 2 rings (SSSR count). The van der Waals surface area contributed by atoms with E-state index < -0.39 is 11.9 Å². The quantitative estimate of drug-likeness (QED) is 0.867. The van der Waals surface area contributed by atoms with E-state index in [0.29, 0.717) is 6.54 Å². The monoisotopic (exact) mass is 273 g/mol. The molecule has 1 aliphatic rings. The lowest BCUT2D eigenvalue weighted by Crippen LogP contribution is -2.37. The molecule has 2 heterocycles. The van der Waals surface area contributed by atoms with Gasteiger partial charge in [-0.15, -0.1) is 0 Å². The summed E-state index contributed by atoms with van der Waals surface area (Å²) in [5.41, 5.74) is -0.687. The van der Waals surface area contributed by atoms with Gasteiger partial charge in [-0.25, -0.2) is 4.98 Å². The molecule has 1 amide bonds. The van der Waals surface area contributed by atoms with Crippen LogP contribution in [0.4, 0.5) is 18.9 Å². The number of anilines is 1. The minimum atomic E-state index is -4.46. The highest BCUT2D eigenvalue weighted by molar-refractivity contribution is 5.92. The standard InChI is InChI=1S/C12H14F3N3O/c13-12(14,15)10-4-3-9(7-17-10)18-11(19)8-2-1-5-16-6-8/h3-4,7-8,16H,1-2,5-6H2,(H,18,19)/t8-/m1/s1. The van der Waals surface area contributed by atoms with E-state index in [9.17, 15) is 18.0 Å². The molecule has 0 aliphatic carbocycles. The third-order valence-electron chi connectivity index (χ3n) is 2.99. The number of hydrogen-bond acceptors (Lipinski definition) is 3. The van der Waals surface area contributed by atoms with Gasteiger partial charge in [0.25, 0.3) is 0 Å². The summed E-state index contributed by atoms with van der Waals surface area (Å²) in [6.07, 6.45) is -1.73. The molecular weight excluding hydrogens is 259 g/mol. The molecule has 0 spiro atoms. The Kier molecular flexibility index (Phi) is 4.04. The van der Waals surface area contributed by atoms with Crippen molar-refractivity contribution in [1.29, 1.82) is 0 Å². The first-order chi connectivity index (χ1) is 8.97. The van der Waals surface area contributed by atoms with Crippen LogP contribution in [0.2, 0.25) is 0 Å². The van der Waals surface area contributed by atoms with E-state index in [-0.39, 0.29) is 17.5 Å². The number of carbonyl (C=O) groups is 1. The fraction of sp³-hybridized carbons (Fsp3) is 0.500. The molecule has 1 saturated heterocycles. The lowest BCUT2D eigenvalue weighted by molar-refractivity contribution is -0.141. The minimum Gasteiger partial charge on any atom is -0.324 e. The number of pyridine rings is 1. The van der Waals surface area contributed by atoms with Gasteiger partial charge in [-0.1, -0.05) is 0 Å². The lowest BCUT2D eigenvalue weighted by Gasteiger charge is -2.21. The van der Waals surface area contributed by atoms with Crippen molar-refractivity contribution in [1.82, 2.24) is 10.3 Å². The van der Waals surface area contributed by atoms with E-state index in [1.165, 1.54) is 6.07 Å². The van der Waals surface area contributed by atoms with Gasteiger partial charge in [0, 0.05) is 6.54 Å². The highest BCUT2D eigenvalue weighted by atomic mass is 19.4. The van der Waals surface area contributed by atoms with Crippen molar-refractivity contribution < 1.29 is 18.0 Å². The predicted molar refractivity (Wildman–Crippen MR) is 63.5 cm³/mol. The van der Waals surface area contributed by atoms with Crippen molar-refractivity contribution >= 4 is 11.6 Å². The second-order valence-corrected chi connectivity index (χ2v) is 4.46. The highest BCUT2D eigenvalue weighted by Crippen LogP contribution is 2.27. The molecule has 0 saturated carbocycles. The van der Waals surface area contributed by atoms with Crippen molar-refractivity contribution in [3.63, 3.8) is 0 Å². The largest absolute Gasteiger partial charge is 0.433 e. The maximum absolute atomic E-state index is 12.3. The molecule has 4 nitrogen and oxygen atoms in total. The predicted octanol–water partition coefficient (Wildman–Crippen LogP) is 2.04. The van der Waals surface area contributed by atoms with Gasteiger partial charge >= 0.3 is 6.18 Å². The fourth-order valence-electron chi connectivity index (χ4n) is 1.96. The first-order valence-corrected chi connectivity index (χ1v) is 6.01. The van der Waals surface area contributed by atoms with E-state index >= 15 is 0 Å². The molecule has 1 aromatic rings. The van der Waals surface area contributed by atoms with Crippen LogP contribution in [0.3, 0.4) is 0 Å². The highest BCUT2D eigenvalue weighted by Gasteiger charge is 2.32. The summed E-state index contributed by atoms with van der Waals surface area (Å²) in [5.74, 6) is -0.329. The van der Waals surface area contributed by atoms with Gasteiger partial charge < -0.3 is 10.6 Å². The molecule has 19 heavy (non-hydrogen) atoms. The molecule has 0 bridgehead atoms. The number of nitrogens with one attached hydrogen (secondary N) is 2. The zero-order valence-electron chi connectivity index (χ0n) is 10.1. The SMILES string of the molecule is O=C(Nc1ccc(C(F)(F)F)nc1)[C@@H]1CCCNC1. The minimum absolute atomic E-state index is 0.143. The van der Waals surface area contributed by atoms with Gasteiger partial charge in [-0.3, -0.25) is 4.79 Å². The van der Waals surface area contributed by atoms with Gasteiger partial charge in [-0.2, -0.15) is 13.2 Å². The summed E-state index contributed by atoms with van der Waals surface area (Å²) in [6.45, 7) is 1.49. The van der Waals surface area contributed by atoms with Crippen molar-refractivity contribution in [2.24, 2.45) is 5.92 Å². The van der Waals surface area contributed by atoms with Gasteiger partial charge in [0.1, 0.15) is 5.69 Å². The average molecular weight is 273 g/mol. The summed E-state index contributed by atoms with van der Waals surface area (Å²) in [5, 5.41) is 5.69. The topological polar surface area (TPSA) is 54.0 Å². The number of nitrogens with zero attached hydrogens (tertiary/aromatic N) is 1. The van der Waals surface area contributed by atoms with E-state index in [0.717, 1.165) is 31.6 Å². The number of rotatable bonds is 2.